The minimum absolute atomic E-state index is 0.128. The zero-order valence-electron chi connectivity index (χ0n) is 14.8. The van der Waals surface area contributed by atoms with Crippen LogP contribution in [0, 0.1) is 25.6 Å². The first-order valence-corrected chi connectivity index (χ1v) is 9.28. The van der Waals surface area contributed by atoms with Crippen molar-refractivity contribution in [2.75, 3.05) is 5.43 Å². The summed E-state index contributed by atoms with van der Waals surface area (Å²) in [5, 5.41) is 26.8. The Balaban J connectivity index is 1.89. The molecule has 1 N–H and O–H groups in total. The van der Waals surface area contributed by atoms with Crippen LogP contribution in [0.15, 0.2) is 23.3 Å². The summed E-state index contributed by atoms with van der Waals surface area (Å²) in [5.74, 6) is 0. The monoisotopic (exact) mass is 360 g/mol. The molecule has 2 fully saturated rings. The molecule has 26 heavy (non-hydrogen) atoms. The fraction of sp³-hybridized carbons (Fsp3) is 0.611. The van der Waals surface area contributed by atoms with Crippen molar-refractivity contribution in [2.24, 2.45) is 10.5 Å². The van der Waals surface area contributed by atoms with E-state index in [1.54, 1.807) is 0 Å². The molecule has 2 saturated carbocycles. The standard InChI is InChI=1S/C18H24N4O4/c23-21(24)14-8-9-15(16(13-14)22(25)26)19-20-17-7-3-1-2-4-10-18(17)11-5-6-12-18/h8-9,13,19H,1-7,10-12H2/b20-17-. The number of nitrogens with one attached hydrogen (secondary N) is 1. The lowest BCUT2D eigenvalue weighted by Crippen LogP contribution is -2.30. The number of nitrogens with zero attached hydrogens (tertiary/aromatic N) is 3. The highest BCUT2D eigenvalue weighted by Gasteiger charge is 2.38. The second-order valence-electron chi connectivity index (χ2n) is 7.29. The smallest absolute Gasteiger partial charge is 0.272 e. The van der Waals surface area contributed by atoms with E-state index in [1.807, 2.05) is 0 Å². The van der Waals surface area contributed by atoms with Gasteiger partial charge in [0, 0.05) is 17.2 Å². The van der Waals surface area contributed by atoms with Gasteiger partial charge in [-0.1, -0.05) is 32.1 Å². The van der Waals surface area contributed by atoms with Gasteiger partial charge in [-0.15, -0.1) is 0 Å². The number of hydrazone groups is 1. The van der Waals surface area contributed by atoms with Crippen molar-refractivity contribution in [1.29, 1.82) is 0 Å². The second-order valence-corrected chi connectivity index (χ2v) is 7.29. The average molecular weight is 360 g/mol. The van der Waals surface area contributed by atoms with Crippen LogP contribution in [-0.2, 0) is 0 Å². The Kier molecular flexibility index (Phi) is 5.49. The molecule has 0 amide bonds. The van der Waals surface area contributed by atoms with E-state index in [0.29, 0.717) is 0 Å². The van der Waals surface area contributed by atoms with Gasteiger partial charge in [-0.05, 0) is 38.2 Å². The SMILES string of the molecule is O=[N+]([O-])c1ccc(N/N=C2/CCCCCCC23CCCC3)c([N+](=O)[O-])c1. The van der Waals surface area contributed by atoms with Crippen LogP contribution >= 0.6 is 0 Å². The number of nitro benzene ring substituents is 2. The first kappa shape index (κ1) is 18.3. The molecule has 0 saturated heterocycles. The highest BCUT2D eigenvalue weighted by Crippen LogP contribution is 2.46. The van der Waals surface area contributed by atoms with Crippen LogP contribution in [-0.4, -0.2) is 15.6 Å². The number of anilines is 1. The molecule has 1 spiro atoms. The van der Waals surface area contributed by atoms with Crippen LogP contribution in [0.4, 0.5) is 17.1 Å². The van der Waals surface area contributed by atoms with Crippen molar-refractivity contribution in [3.05, 3.63) is 38.4 Å². The second kappa shape index (κ2) is 7.80. The molecule has 0 unspecified atom stereocenters. The Morgan fingerprint density at radius 1 is 0.923 bits per heavy atom. The van der Waals surface area contributed by atoms with Crippen LogP contribution in [0.3, 0.4) is 0 Å². The van der Waals surface area contributed by atoms with Crippen molar-refractivity contribution in [1.82, 2.24) is 0 Å². The number of rotatable bonds is 4. The largest absolute Gasteiger partial charge is 0.301 e. The van der Waals surface area contributed by atoms with E-state index in [0.717, 1.165) is 43.9 Å². The van der Waals surface area contributed by atoms with Crippen molar-refractivity contribution in [2.45, 2.75) is 64.2 Å². The Morgan fingerprint density at radius 3 is 2.23 bits per heavy atom. The van der Waals surface area contributed by atoms with Crippen molar-refractivity contribution >= 4 is 22.8 Å². The number of nitro groups is 2. The number of hydrogen-bond acceptors (Lipinski definition) is 6. The summed E-state index contributed by atoms with van der Waals surface area (Å²) in [5.41, 5.74) is 3.67. The quantitative estimate of drug-likeness (QED) is 0.587. The molecule has 0 radical (unpaired) electrons. The van der Waals surface area contributed by atoms with Crippen LogP contribution in [0.2, 0.25) is 0 Å². The van der Waals surface area contributed by atoms with Gasteiger partial charge in [0.25, 0.3) is 5.69 Å². The maximum Gasteiger partial charge on any atom is 0.301 e. The predicted octanol–water partition coefficient (Wildman–Crippen LogP) is 5.19. The average Bonchev–Trinajstić information content (AvgIpc) is 3.08. The van der Waals surface area contributed by atoms with Crippen molar-refractivity contribution < 1.29 is 9.85 Å². The van der Waals surface area contributed by atoms with Gasteiger partial charge in [0.05, 0.1) is 15.9 Å². The molecule has 0 atom stereocenters. The minimum atomic E-state index is -0.634. The molecule has 2 aliphatic rings. The molecular formula is C18H24N4O4. The lowest BCUT2D eigenvalue weighted by atomic mass is 9.73. The van der Waals surface area contributed by atoms with E-state index in [1.165, 1.54) is 44.2 Å². The lowest BCUT2D eigenvalue weighted by molar-refractivity contribution is -0.393. The summed E-state index contributed by atoms with van der Waals surface area (Å²) in [4.78, 5) is 20.9. The Bertz CT molecular complexity index is 726. The highest BCUT2D eigenvalue weighted by molar-refractivity contribution is 5.91. The third kappa shape index (κ3) is 3.84. The van der Waals surface area contributed by atoms with Crippen LogP contribution in [0.1, 0.15) is 64.2 Å². The maximum atomic E-state index is 11.3. The van der Waals surface area contributed by atoms with Crippen molar-refractivity contribution in [3.63, 3.8) is 0 Å². The van der Waals surface area contributed by atoms with E-state index < -0.39 is 9.85 Å². The number of non-ortho nitro benzene ring substituents is 1. The van der Waals surface area contributed by atoms with Gasteiger partial charge >= 0.3 is 5.69 Å². The third-order valence-electron chi connectivity index (χ3n) is 5.69. The molecule has 0 bridgehead atoms. The molecule has 0 aromatic heterocycles. The van der Waals surface area contributed by atoms with Crippen LogP contribution < -0.4 is 5.43 Å². The normalized spacial score (nSPS) is 21.3. The molecule has 1 aromatic carbocycles. The predicted molar refractivity (Wildman–Crippen MR) is 99.4 cm³/mol. The number of benzene rings is 1. The maximum absolute atomic E-state index is 11.3. The van der Waals surface area contributed by atoms with E-state index in [4.69, 9.17) is 0 Å². The summed E-state index contributed by atoms with van der Waals surface area (Å²) in [6, 6.07) is 3.61. The first-order chi connectivity index (χ1) is 12.5. The molecule has 1 aromatic rings. The molecule has 8 nitrogen and oxygen atoms in total. The minimum Gasteiger partial charge on any atom is -0.272 e. The fourth-order valence-electron chi connectivity index (χ4n) is 4.29. The van der Waals surface area contributed by atoms with Gasteiger partial charge in [0.2, 0.25) is 0 Å². The topological polar surface area (TPSA) is 111 Å². The zero-order chi connectivity index (χ0) is 18.6. The summed E-state index contributed by atoms with van der Waals surface area (Å²) in [7, 11) is 0. The Morgan fingerprint density at radius 2 is 1.58 bits per heavy atom. The third-order valence-corrected chi connectivity index (χ3v) is 5.69. The number of hydrogen-bond donors (Lipinski definition) is 1. The Labute approximate surface area is 152 Å². The van der Waals surface area contributed by atoms with Gasteiger partial charge in [-0.25, -0.2) is 0 Å². The van der Waals surface area contributed by atoms with Gasteiger partial charge in [0.1, 0.15) is 5.69 Å². The Hall–Kier alpha value is -2.51. The molecule has 3 rings (SSSR count). The zero-order valence-corrected chi connectivity index (χ0v) is 14.8. The van der Waals surface area contributed by atoms with Gasteiger partial charge in [0.15, 0.2) is 0 Å². The summed E-state index contributed by atoms with van der Waals surface area (Å²) in [6.07, 6.45) is 11.5. The molecule has 0 aliphatic heterocycles. The van der Waals surface area contributed by atoms with E-state index in [2.05, 4.69) is 10.5 Å². The molecule has 140 valence electrons. The van der Waals surface area contributed by atoms with E-state index in [9.17, 15) is 20.2 Å². The fourth-order valence-corrected chi connectivity index (χ4v) is 4.29. The van der Waals surface area contributed by atoms with E-state index >= 15 is 0 Å². The summed E-state index contributed by atoms with van der Waals surface area (Å²) < 4.78 is 0. The molecular weight excluding hydrogens is 336 g/mol. The van der Waals surface area contributed by atoms with Crippen LogP contribution in [0.25, 0.3) is 0 Å². The molecule has 8 heteroatoms. The van der Waals surface area contributed by atoms with Crippen LogP contribution in [0.5, 0.6) is 0 Å². The van der Waals surface area contributed by atoms with Gasteiger partial charge in [-0.3, -0.25) is 25.7 Å². The summed E-state index contributed by atoms with van der Waals surface area (Å²) >= 11 is 0. The lowest BCUT2D eigenvalue weighted by Gasteiger charge is -2.32. The first-order valence-electron chi connectivity index (χ1n) is 9.28. The van der Waals surface area contributed by atoms with E-state index in [-0.39, 0.29) is 22.5 Å². The summed E-state index contributed by atoms with van der Waals surface area (Å²) in [6.45, 7) is 0. The van der Waals surface area contributed by atoms with Gasteiger partial charge in [-0.2, -0.15) is 5.10 Å². The highest BCUT2D eigenvalue weighted by atomic mass is 16.6. The van der Waals surface area contributed by atoms with Gasteiger partial charge < -0.3 is 0 Å². The molecule has 2 aliphatic carbocycles. The van der Waals surface area contributed by atoms with Crippen molar-refractivity contribution in [3.8, 4) is 0 Å². The molecule has 0 heterocycles.